The number of thioether (sulfide) groups is 1. The first-order chi connectivity index (χ1) is 8.90. The lowest BCUT2D eigenvalue weighted by molar-refractivity contribution is 1.20. The Morgan fingerprint density at radius 2 is 1.89 bits per heavy atom. The fourth-order valence-corrected chi connectivity index (χ4v) is 3.39. The van der Waals surface area contributed by atoms with Crippen LogP contribution in [0.1, 0.15) is 16.7 Å². The molecule has 1 aliphatic carbocycles. The molecule has 0 spiro atoms. The molecule has 1 aliphatic rings. The van der Waals surface area contributed by atoms with E-state index in [1.54, 1.807) is 0 Å². The Morgan fingerprint density at radius 1 is 1.06 bits per heavy atom. The largest absolute Gasteiger partial charge is 0.153 e. The molecule has 0 saturated carbocycles. The average Bonchev–Trinajstić information content (AvgIpc) is 2.79. The fourth-order valence-electron chi connectivity index (χ4n) is 2.61. The minimum absolute atomic E-state index is 1.02. The fraction of sp³-hybridized carbons (Fsp3) is 0.176. The second-order valence-corrected chi connectivity index (χ2v) is 5.61. The lowest BCUT2D eigenvalue weighted by Crippen LogP contribution is -1.90. The molecule has 0 amide bonds. The molecule has 0 aromatic heterocycles. The minimum atomic E-state index is 1.02. The van der Waals surface area contributed by atoms with Gasteiger partial charge in [0.1, 0.15) is 0 Å². The van der Waals surface area contributed by atoms with Crippen molar-refractivity contribution in [2.75, 3.05) is 5.75 Å². The average molecular weight is 252 g/mol. The Bertz CT molecular complexity index is 584. The summed E-state index contributed by atoms with van der Waals surface area (Å²) in [6, 6.07) is 15.5. The summed E-state index contributed by atoms with van der Waals surface area (Å²) in [6.45, 7) is 3.78. The van der Waals surface area contributed by atoms with Crippen molar-refractivity contribution in [3.05, 3.63) is 71.8 Å². The molecule has 0 saturated heterocycles. The molecule has 0 unspecified atom stereocenters. The normalized spacial score (nSPS) is 12.0. The van der Waals surface area contributed by atoms with E-state index >= 15 is 0 Å². The number of fused-ring (bicyclic) bond motifs is 3. The van der Waals surface area contributed by atoms with Crippen molar-refractivity contribution >= 4 is 11.8 Å². The highest BCUT2D eigenvalue weighted by molar-refractivity contribution is 7.98. The van der Waals surface area contributed by atoms with Crippen LogP contribution in [0, 0.1) is 0 Å². The summed E-state index contributed by atoms with van der Waals surface area (Å²) < 4.78 is 0. The first kappa shape index (κ1) is 11.6. The van der Waals surface area contributed by atoms with Gasteiger partial charge in [-0.2, -0.15) is 11.8 Å². The van der Waals surface area contributed by atoms with Gasteiger partial charge in [-0.3, -0.25) is 0 Å². The van der Waals surface area contributed by atoms with E-state index in [1.165, 1.54) is 27.8 Å². The van der Waals surface area contributed by atoms with E-state index in [2.05, 4.69) is 49.0 Å². The highest BCUT2D eigenvalue weighted by Crippen LogP contribution is 2.38. The molecule has 0 atom stereocenters. The van der Waals surface area contributed by atoms with Crippen molar-refractivity contribution < 1.29 is 0 Å². The van der Waals surface area contributed by atoms with Gasteiger partial charge in [0.2, 0.25) is 0 Å². The Balaban J connectivity index is 1.95. The Morgan fingerprint density at radius 3 is 2.78 bits per heavy atom. The quantitative estimate of drug-likeness (QED) is 0.480. The van der Waals surface area contributed by atoms with Gasteiger partial charge in [-0.05, 0) is 34.2 Å². The van der Waals surface area contributed by atoms with Crippen molar-refractivity contribution in [3.8, 4) is 11.1 Å². The third kappa shape index (κ3) is 1.99. The number of hydrogen-bond acceptors (Lipinski definition) is 1. The zero-order valence-electron chi connectivity index (χ0n) is 10.4. The van der Waals surface area contributed by atoms with Gasteiger partial charge in [-0.25, -0.2) is 0 Å². The van der Waals surface area contributed by atoms with E-state index < -0.39 is 0 Å². The van der Waals surface area contributed by atoms with Gasteiger partial charge in [0.05, 0.1) is 0 Å². The standard InChI is InChI=1S/C17H16S/c1-2-10-18-12-14-7-5-9-16-15-8-4-3-6-13(15)11-17(14)16/h2-9H,1,10-12H2. The van der Waals surface area contributed by atoms with Crippen molar-refractivity contribution in [1.82, 2.24) is 0 Å². The molecule has 0 heterocycles. The van der Waals surface area contributed by atoms with E-state index in [-0.39, 0.29) is 0 Å². The van der Waals surface area contributed by atoms with Crippen LogP contribution in [-0.2, 0) is 12.2 Å². The molecule has 1 heteroatoms. The summed E-state index contributed by atoms with van der Waals surface area (Å²) in [5.41, 5.74) is 7.32. The van der Waals surface area contributed by atoms with Crippen LogP contribution in [0.5, 0.6) is 0 Å². The predicted molar refractivity (Wildman–Crippen MR) is 81.0 cm³/mol. The van der Waals surface area contributed by atoms with E-state index in [9.17, 15) is 0 Å². The maximum absolute atomic E-state index is 3.78. The predicted octanol–water partition coefficient (Wildman–Crippen LogP) is 4.68. The third-order valence-corrected chi connectivity index (χ3v) is 4.43. The highest BCUT2D eigenvalue weighted by Gasteiger charge is 2.19. The number of hydrogen-bond donors (Lipinski definition) is 0. The van der Waals surface area contributed by atoms with Crippen LogP contribution in [0.15, 0.2) is 55.1 Å². The molecule has 18 heavy (non-hydrogen) atoms. The molecule has 0 nitrogen and oxygen atoms in total. The van der Waals surface area contributed by atoms with Gasteiger partial charge in [0.15, 0.2) is 0 Å². The van der Waals surface area contributed by atoms with Gasteiger partial charge < -0.3 is 0 Å². The maximum Gasteiger partial charge on any atom is 0.0190 e. The SMILES string of the molecule is C=CCSCc1cccc2c1Cc1ccccc1-2. The lowest BCUT2D eigenvalue weighted by Gasteiger charge is -2.07. The topological polar surface area (TPSA) is 0 Å². The van der Waals surface area contributed by atoms with Crippen LogP contribution < -0.4 is 0 Å². The molecule has 3 rings (SSSR count). The van der Waals surface area contributed by atoms with Crippen LogP contribution in [0.3, 0.4) is 0 Å². The van der Waals surface area contributed by atoms with Crippen LogP contribution in [0.4, 0.5) is 0 Å². The number of rotatable bonds is 4. The maximum atomic E-state index is 3.78. The van der Waals surface area contributed by atoms with E-state index in [1.807, 2.05) is 17.8 Å². The van der Waals surface area contributed by atoms with E-state index in [0.29, 0.717) is 0 Å². The lowest BCUT2D eigenvalue weighted by atomic mass is 10.0. The van der Waals surface area contributed by atoms with Gasteiger partial charge in [0, 0.05) is 11.5 Å². The molecule has 0 aliphatic heterocycles. The summed E-state index contributed by atoms with van der Waals surface area (Å²) in [6.07, 6.45) is 3.07. The highest BCUT2D eigenvalue weighted by atomic mass is 32.2. The molecule has 90 valence electrons. The van der Waals surface area contributed by atoms with Crippen LogP contribution in [0.25, 0.3) is 11.1 Å². The van der Waals surface area contributed by atoms with Crippen molar-refractivity contribution in [2.45, 2.75) is 12.2 Å². The van der Waals surface area contributed by atoms with Crippen LogP contribution >= 0.6 is 11.8 Å². The number of benzene rings is 2. The molecule has 2 aromatic carbocycles. The van der Waals surface area contributed by atoms with Crippen molar-refractivity contribution in [1.29, 1.82) is 0 Å². The summed E-state index contributed by atoms with van der Waals surface area (Å²) in [5, 5.41) is 0. The molecular formula is C17H16S. The molecule has 0 radical (unpaired) electrons. The summed E-state index contributed by atoms with van der Waals surface area (Å²) in [7, 11) is 0. The van der Waals surface area contributed by atoms with Crippen molar-refractivity contribution in [3.63, 3.8) is 0 Å². The molecule has 0 bridgehead atoms. The summed E-state index contributed by atoms with van der Waals surface area (Å²) in [4.78, 5) is 0. The van der Waals surface area contributed by atoms with Gasteiger partial charge in [0.25, 0.3) is 0 Å². The third-order valence-electron chi connectivity index (χ3n) is 3.44. The zero-order chi connectivity index (χ0) is 12.4. The summed E-state index contributed by atoms with van der Waals surface area (Å²) in [5.74, 6) is 2.11. The van der Waals surface area contributed by atoms with Crippen molar-refractivity contribution in [2.24, 2.45) is 0 Å². The first-order valence-corrected chi connectivity index (χ1v) is 7.43. The van der Waals surface area contributed by atoms with E-state index in [4.69, 9.17) is 0 Å². The second-order valence-electron chi connectivity index (χ2n) is 4.58. The first-order valence-electron chi connectivity index (χ1n) is 6.28. The van der Waals surface area contributed by atoms with E-state index in [0.717, 1.165) is 17.9 Å². The minimum Gasteiger partial charge on any atom is -0.153 e. The Labute approximate surface area is 113 Å². The van der Waals surface area contributed by atoms with Gasteiger partial charge in [-0.1, -0.05) is 48.5 Å². The zero-order valence-corrected chi connectivity index (χ0v) is 11.2. The molecule has 0 fully saturated rings. The molecule has 0 N–H and O–H groups in total. The Kier molecular flexibility index (Phi) is 3.24. The van der Waals surface area contributed by atoms with Gasteiger partial charge in [-0.15, -0.1) is 6.58 Å². The van der Waals surface area contributed by atoms with Crippen LogP contribution in [0.2, 0.25) is 0 Å². The van der Waals surface area contributed by atoms with Gasteiger partial charge >= 0.3 is 0 Å². The molecule has 2 aromatic rings. The second kappa shape index (κ2) is 5.03. The smallest absolute Gasteiger partial charge is 0.0190 e. The van der Waals surface area contributed by atoms with Crippen LogP contribution in [-0.4, -0.2) is 5.75 Å². The monoisotopic (exact) mass is 252 g/mol. The molecular weight excluding hydrogens is 236 g/mol. The summed E-state index contributed by atoms with van der Waals surface area (Å²) >= 11 is 1.93. The Hall–Kier alpha value is -1.47.